The van der Waals surface area contributed by atoms with Gasteiger partial charge in [0, 0.05) is 71.9 Å². The van der Waals surface area contributed by atoms with E-state index in [0.717, 1.165) is 82.6 Å². The number of halogens is 2. The van der Waals surface area contributed by atoms with Crippen molar-refractivity contribution < 1.29 is 4.74 Å². The number of rotatable bonds is 5. The van der Waals surface area contributed by atoms with Crippen LogP contribution in [0.5, 0.6) is 0 Å². The predicted molar refractivity (Wildman–Crippen MR) is 128 cm³/mol. The van der Waals surface area contributed by atoms with Crippen molar-refractivity contribution in [2.24, 2.45) is 0 Å². The van der Waals surface area contributed by atoms with E-state index in [1.807, 2.05) is 48.8 Å². The van der Waals surface area contributed by atoms with Crippen LogP contribution in [-0.4, -0.2) is 47.3 Å². The smallest absolute Gasteiger partial charge is 0.0594 e. The molecule has 0 unspecified atom stereocenters. The van der Waals surface area contributed by atoms with Gasteiger partial charge in [0.2, 0.25) is 0 Å². The fourth-order valence-electron chi connectivity index (χ4n) is 4.17. The fourth-order valence-corrected chi connectivity index (χ4v) is 4.57. The Bertz CT molecular complexity index is 1200. The molecule has 5 rings (SSSR count). The molecule has 0 spiro atoms. The zero-order valence-corrected chi connectivity index (χ0v) is 18.6. The van der Waals surface area contributed by atoms with Crippen LogP contribution in [-0.2, 0) is 11.3 Å². The standard InChI is InChI=1S/C25H23Cl2N3O/c26-21-6-4-18(5-7-21)19-14-20(16-28-15-19)22-17-30(9-8-29-10-12-31-13-11-29)24-3-1-2-23(27)25(22)24/h1-7,14-17H,8-13H2. The van der Waals surface area contributed by atoms with Crippen molar-refractivity contribution in [2.45, 2.75) is 6.54 Å². The van der Waals surface area contributed by atoms with Crippen LogP contribution in [0.15, 0.2) is 67.1 Å². The van der Waals surface area contributed by atoms with E-state index in [2.05, 4.69) is 32.8 Å². The minimum Gasteiger partial charge on any atom is -0.379 e. The molecule has 1 aliphatic rings. The van der Waals surface area contributed by atoms with E-state index in [9.17, 15) is 0 Å². The van der Waals surface area contributed by atoms with E-state index < -0.39 is 0 Å². The maximum atomic E-state index is 6.67. The van der Waals surface area contributed by atoms with Gasteiger partial charge in [-0.3, -0.25) is 9.88 Å². The summed E-state index contributed by atoms with van der Waals surface area (Å²) in [6.45, 7) is 5.49. The molecule has 6 heteroatoms. The molecule has 0 saturated carbocycles. The summed E-state index contributed by atoms with van der Waals surface area (Å²) in [6.07, 6.45) is 6.00. The second-order valence-corrected chi connectivity index (χ2v) is 8.64. The number of morpholine rings is 1. The number of aromatic nitrogens is 2. The molecule has 4 nitrogen and oxygen atoms in total. The lowest BCUT2D eigenvalue weighted by Gasteiger charge is -2.26. The number of ether oxygens (including phenoxy) is 1. The zero-order valence-electron chi connectivity index (χ0n) is 17.1. The minimum atomic E-state index is 0.725. The number of hydrogen-bond acceptors (Lipinski definition) is 3. The third-order valence-corrected chi connectivity index (χ3v) is 6.41. The third kappa shape index (κ3) is 4.35. The van der Waals surface area contributed by atoms with E-state index >= 15 is 0 Å². The van der Waals surface area contributed by atoms with Crippen molar-refractivity contribution in [3.8, 4) is 22.3 Å². The lowest BCUT2D eigenvalue weighted by molar-refractivity contribution is 0.0365. The third-order valence-electron chi connectivity index (χ3n) is 5.84. The van der Waals surface area contributed by atoms with Crippen LogP contribution in [0.2, 0.25) is 10.0 Å². The molecule has 1 saturated heterocycles. The molecule has 2 aromatic carbocycles. The largest absolute Gasteiger partial charge is 0.379 e. The predicted octanol–water partition coefficient (Wildman–Crippen LogP) is 6.01. The van der Waals surface area contributed by atoms with Gasteiger partial charge in [0.25, 0.3) is 0 Å². The van der Waals surface area contributed by atoms with Crippen molar-refractivity contribution in [1.29, 1.82) is 0 Å². The van der Waals surface area contributed by atoms with Gasteiger partial charge in [0.1, 0.15) is 0 Å². The summed E-state index contributed by atoms with van der Waals surface area (Å²) in [5, 5.41) is 2.55. The van der Waals surface area contributed by atoms with Crippen molar-refractivity contribution in [2.75, 3.05) is 32.8 Å². The number of benzene rings is 2. The zero-order chi connectivity index (χ0) is 21.2. The summed E-state index contributed by atoms with van der Waals surface area (Å²) in [5.41, 5.74) is 5.44. The van der Waals surface area contributed by atoms with Crippen LogP contribution in [0.1, 0.15) is 0 Å². The van der Waals surface area contributed by atoms with Crippen molar-refractivity contribution in [3.05, 3.63) is 77.2 Å². The van der Waals surface area contributed by atoms with E-state index in [1.165, 1.54) is 0 Å². The lowest BCUT2D eigenvalue weighted by atomic mass is 10.0. The van der Waals surface area contributed by atoms with Gasteiger partial charge < -0.3 is 9.30 Å². The monoisotopic (exact) mass is 451 g/mol. The van der Waals surface area contributed by atoms with Gasteiger partial charge in [-0.25, -0.2) is 0 Å². The summed E-state index contributed by atoms with van der Waals surface area (Å²) in [4.78, 5) is 6.96. The van der Waals surface area contributed by atoms with Crippen LogP contribution in [0.25, 0.3) is 33.2 Å². The SMILES string of the molecule is Clc1ccc(-c2cncc(-c3cn(CCN4CCOCC4)c4cccc(Cl)c34)c2)cc1. The normalized spacial score (nSPS) is 14.9. The molecule has 1 aliphatic heterocycles. The minimum absolute atomic E-state index is 0.725. The van der Waals surface area contributed by atoms with Gasteiger partial charge in [-0.05, 0) is 35.9 Å². The highest BCUT2D eigenvalue weighted by molar-refractivity contribution is 6.36. The molecule has 0 aliphatic carbocycles. The Labute approximate surface area is 192 Å². The average Bonchev–Trinajstić information content (AvgIpc) is 3.19. The first-order valence-electron chi connectivity index (χ1n) is 10.5. The molecular formula is C25H23Cl2N3O. The van der Waals surface area contributed by atoms with Gasteiger partial charge in [0.15, 0.2) is 0 Å². The maximum absolute atomic E-state index is 6.67. The van der Waals surface area contributed by atoms with Crippen LogP contribution in [0.3, 0.4) is 0 Å². The van der Waals surface area contributed by atoms with Gasteiger partial charge >= 0.3 is 0 Å². The van der Waals surface area contributed by atoms with E-state index in [-0.39, 0.29) is 0 Å². The Morgan fingerprint density at radius 1 is 0.871 bits per heavy atom. The fraction of sp³-hybridized carbons (Fsp3) is 0.240. The lowest BCUT2D eigenvalue weighted by Crippen LogP contribution is -2.38. The second kappa shape index (κ2) is 9.01. The van der Waals surface area contributed by atoms with Crippen molar-refractivity contribution in [3.63, 3.8) is 0 Å². The highest BCUT2D eigenvalue weighted by atomic mass is 35.5. The van der Waals surface area contributed by atoms with Crippen molar-refractivity contribution >= 4 is 34.1 Å². The van der Waals surface area contributed by atoms with Crippen molar-refractivity contribution in [1.82, 2.24) is 14.5 Å². The molecule has 0 amide bonds. The number of nitrogens with zero attached hydrogens (tertiary/aromatic N) is 3. The molecule has 3 heterocycles. The first-order chi connectivity index (χ1) is 15.2. The Balaban J connectivity index is 1.52. The van der Waals surface area contributed by atoms with Crippen LogP contribution < -0.4 is 0 Å². The molecule has 0 N–H and O–H groups in total. The van der Waals surface area contributed by atoms with Crippen LogP contribution >= 0.6 is 23.2 Å². The molecule has 1 fully saturated rings. The van der Waals surface area contributed by atoms with Gasteiger partial charge in [-0.15, -0.1) is 0 Å². The average molecular weight is 452 g/mol. The first-order valence-corrected chi connectivity index (χ1v) is 11.2. The number of hydrogen-bond donors (Lipinski definition) is 0. The summed E-state index contributed by atoms with van der Waals surface area (Å²) in [6, 6.07) is 16.1. The Morgan fingerprint density at radius 2 is 1.65 bits per heavy atom. The molecule has 0 bridgehead atoms. The highest BCUT2D eigenvalue weighted by Crippen LogP contribution is 2.36. The maximum Gasteiger partial charge on any atom is 0.0594 e. The van der Waals surface area contributed by atoms with E-state index in [0.29, 0.717) is 0 Å². The molecule has 0 radical (unpaired) electrons. The Morgan fingerprint density at radius 3 is 2.45 bits per heavy atom. The molecule has 31 heavy (non-hydrogen) atoms. The van der Waals surface area contributed by atoms with Gasteiger partial charge in [0.05, 0.1) is 23.8 Å². The summed E-state index contributed by atoms with van der Waals surface area (Å²) in [5.74, 6) is 0. The summed E-state index contributed by atoms with van der Waals surface area (Å²) >= 11 is 12.7. The van der Waals surface area contributed by atoms with Gasteiger partial charge in [-0.1, -0.05) is 41.4 Å². The van der Waals surface area contributed by atoms with Gasteiger partial charge in [-0.2, -0.15) is 0 Å². The second-order valence-electron chi connectivity index (χ2n) is 7.79. The van der Waals surface area contributed by atoms with E-state index in [1.54, 1.807) is 0 Å². The summed E-state index contributed by atoms with van der Waals surface area (Å²) in [7, 11) is 0. The first kappa shape index (κ1) is 20.5. The quantitative estimate of drug-likeness (QED) is 0.372. The summed E-state index contributed by atoms with van der Waals surface area (Å²) < 4.78 is 7.78. The molecule has 0 atom stereocenters. The molecule has 158 valence electrons. The molecule has 4 aromatic rings. The Hall–Kier alpha value is -2.37. The Kier molecular flexibility index (Phi) is 5.97. The highest BCUT2D eigenvalue weighted by Gasteiger charge is 2.16. The van der Waals surface area contributed by atoms with Crippen LogP contribution in [0.4, 0.5) is 0 Å². The topological polar surface area (TPSA) is 30.3 Å². The molecular weight excluding hydrogens is 429 g/mol. The van der Waals surface area contributed by atoms with Crippen LogP contribution in [0, 0.1) is 0 Å². The van der Waals surface area contributed by atoms with E-state index in [4.69, 9.17) is 27.9 Å². The molecule has 2 aromatic heterocycles. The number of fused-ring (bicyclic) bond motifs is 1. The number of pyridine rings is 1.